The van der Waals surface area contributed by atoms with Crippen LogP contribution in [0.25, 0.3) is 0 Å². The monoisotopic (exact) mass is 304 g/mol. The van der Waals surface area contributed by atoms with Crippen LogP contribution in [0.4, 0.5) is 0 Å². The van der Waals surface area contributed by atoms with Gasteiger partial charge in [0.1, 0.15) is 16.0 Å². The predicted molar refractivity (Wildman–Crippen MR) is 79.8 cm³/mol. The number of carbonyl (C=O) groups excluding carboxylic acids is 1. The summed E-state index contributed by atoms with van der Waals surface area (Å²) in [6, 6.07) is 6.43. The molecule has 0 aliphatic heterocycles. The third kappa shape index (κ3) is 2.58. The van der Waals surface area contributed by atoms with Crippen molar-refractivity contribution < 1.29 is 4.79 Å². The van der Waals surface area contributed by atoms with E-state index in [2.05, 4.69) is 28.2 Å². The second kappa shape index (κ2) is 5.54. The Morgan fingerprint density at radius 2 is 2.05 bits per heavy atom. The van der Waals surface area contributed by atoms with Gasteiger partial charge in [0.15, 0.2) is 6.29 Å². The van der Waals surface area contributed by atoms with Crippen molar-refractivity contribution in [2.24, 2.45) is 0 Å². The SMILES string of the molecule is Cc1nc(Cl)c(C=O)c(Sc2ccc3c(c2)CCC3)n1. The molecule has 1 aromatic carbocycles. The number of halogens is 1. The average Bonchev–Trinajstić information content (AvgIpc) is 2.85. The fourth-order valence-electron chi connectivity index (χ4n) is 2.42. The Kier molecular flexibility index (Phi) is 3.76. The van der Waals surface area contributed by atoms with Crippen LogP contribution >= 0.6 is 23.4 Å². The molecule has 0 amide bonds. The van der Waals surface area contributed by atoms with Gasteiger partial charge in [-0.3, -0.25) is 4.79 Å². The molecule has 0 spiro atoms. The molecule has 0 atom stereocenters. The standard InChI is InChI=1S/C15H13ClN2OS/c1-9-17-14(16)13(8-19)15(18-9)20-12-6-5-10-3-2-4-11(10)7-12/h5-8H,2-4H2,1H3. The van der Waals surface area contributed by atoms with Crippen LogP contribution in [0.1, 0.15) is 33.7 Å². The maximum Gasteiger partial charge on any atom is 0.155 e. The lowest BCUT2D eigenvalue weighted by Gasteiger charge is -2.07. The fourth-order valence-corrected chi connectivity index (χ4v) is 3.73. The Hall–Kier alpha value is -1.39. The number of carbonyl (C=O) groups is 1. The lowest BCUT2D eigenvalue weighted by atomic mass is 10.1. The summed E-state index contributed by atoms with van der Waals surface area (Å²) in [7, 11) is 0. The smallest absolute Gasteiger partial charge is 0.155 e. The number of hydrogen-bond donors (Lipinski definition) is 0. The molecule has 2 aromatic rings. The maximum atomic E-state index is 11.2. The lowest BCUT2D eigenvalue weighted by Crippen LogP contribution is -1.98. The van der Waals surface area contributed by atoms with E-state index in [4.69, 9.17) is 11.6 Å². The first-order chi connectivity index (χ1) is 9.67. The number of aryl methyl sites for hydroxylation is 3. The molecule has 0 bridgehead atoms. The molecule has 0 saturated carbocycles. The zero-order valence-electron chi connectivity index (χ0n) is 11.0. The maximum absolute atomic E-state index is 11.2. The second-order valence-corrected chi connectivity index (χ2v) is 6.20. The van der Waals surface area contributed by atoms with Crippen LogP contribution in [0.15, 0.2) is 28.1 Å². The molecular weight excluding hydrogens is 292 g/mol. The quantitative estimate of drug-likeness (QED) is 0.637. The number of benzene rings is 1. The first-order valence-corrected chi connectivity index (χ1v) is 7.66. The van der Waals surface area contributed by atoms with Gasteiger partial charge >= 0.3 is 0 Å². The number of aldehydes is 1. The minimum Gasteiger partial charge on any atom is -0.298 e. The topological polar surface area (TPSA) is 42.9 Å². The van der Waals surface area contributed by atoms with E-state index in [0.29, 0.717) is 16.4 Å². The lowest BCUT2D eigenvalue weighted by molar-refractivity contribution is 0.112. The normalized spacial score (nSPS) is 13.3. The van der Waals surface area contributed by atoms with E-state index in [1.807, 2.05) is 0 Å². The zero-order chi connectivity index (χ0) is 14.1. The van der Waals surface area contributed by atoms with Crippen LogP contribution < -0.4 is 0 Å². The molecule has 1 aliphatic rings. The van der Waals surface area contributed by atoms with Gasteiger partial charge in [-0.1, -0.05) is 29.4 Å². The molecule has 3 rings (SSSR count). The zero-order valence-corrected chi connectivity index (χ0v) is 12.6. The van der Waals surface area contributed by atoms with E-state index in [-0.39, 0.29) is 5.15 Å². The molecule has 20 heavy (non-hydrogen) atoms. The van der Waals surface area contributed by atoms with Crippen molar-refractivity contribution in [2.45, 2.75) is 36.1 Å². The molecule has 1 heterocycles. The molecule has 0 saturated heterocycles. The Balaban J connectivity index is 1.97. The number of aromatic nitrogens is 2. The highest BCUT2D eigenvalue weighted by Gasteiger charge is 2.15. The summed E-state index contributed by atoms with van der Waals surface area (Å²) in [5.41, 5.74) is 3.20. The fraction of sp³-hybridized carbons (Fsp3) is 0.267. The van der Waals surface area contributed by atoms with E-state index in [1.165, 1.54) is 29.3 Å². The van der Waals surface area contributed by atoms with Crippen molar-refractivity contribution in [3.05, 3.63) is 45.9 Å². The molecule has 3 nitrogen and oxygen atoms in total. The van der Waals surface area contributed by atoms with Gasteiger partial charge in [-0.25, -0.2) is 9.97 Å². The highest BCUT2D eigenvalue weighted by Crippen LogP contribution is 2.33. The molecule has 0 unspecified atom stereocenters. The van der Waals surface area contributed by atoms with Crippen LogP contribution in [-0.4, -0.2) is 16.3 Å². The Bertz CT molecular complexity index is 688. The van der Waals surface area contributed by atoms with Crippen molar-refractivity contribution in [1.82, 2.24) is 9.97 Å². The van der Waals surface area contributed by atoms with Gasteiger partial charge in [-0.2, -0.15) is 0 Å². The second-order valence-electron chi connectivity index (χ2n) is 4.78. The van der Waals surface area contributed by atoms with E-state index in [0.717, 1.165) is 24.0 Å². The van der Waals surface area contributed by atoms with Crippen LogP contribution in [-0.2, 0) is 12.8 Å². The van der Waals surface area contributed by atoms with Crippen LogP contribution in [0.2, 0.25) is 5.15 Å². The van der Waals surface area contributed by atoms with Crippen LogP contribution in [0.5, 0.6) is 0 Å². The highest BCUT2D eigenvalue weighted by molar-refractivity contribution is 7.99. The summed E-state index contributed by atoms with van der Waals surface area (Å²) in [4.78, 5) is 20.6. The Morgan fingerprint density at radius 1 is 1.25 bits per heavy atom. The van der Waals surface area contributed by atoms with E-state index in [9.17, 15) is 4.79 Å². The number of nitrogens with zero attached hydrogens (tertiary/aromatic N) is 2. The van der Waals surface area contributed by atoms with Gasteiger partial charge in [0, 0.05) is 4.90 Å². The van der Waals surface area contributed by atoms with Crippen molar-refractivity contribution in [3.8, 4) is 0 Å². The van der Waals surface area contributed by atoms with Gasteiger partial charge in [0.05, 0.1) is 5.56 Å². The Morgan fingerprint density at radius 3 is 2.85 bits per heavy atom. The first-order valence-electron chi connectivity index (χ1n) is 6.46. The number of hydrogen-bond acceptors (Lipinski definition) is 4. The summed E-state index contributed by atoms with van der Waals surface area (Å²) in [5.74, 6) is 0.573. The molecule has 0 N–H and O–H groups in total. The molecule has 102 valence electrons. The van der Waals surface area contributed by atoms with E-state index < -0.39 is 0 Å². The van der Waals surface area contributed by atoms with Crippen LogP contribution in [0.3, 0.4) is 0 Å². The molecule has 0 fully saturated rings. The third-order valence-electron chi connectivity index (χ3n) is 3.38. The summed E-state index contributed by atoms with van der Waals surface area (Å²) in [5, 5.41) is 0.839. The highest BCUT2D eigenvalue weighted by atomic mass is 35.5. The number of rotatable bonds is 3. The Labute approximate surface area is 126 Å². The molecule has 0 radical (unpaired) electrons. The van der Waals surface area contributed by atoms with Crippen LogP contribution in [0, 0.1) is 6.92 Å². The van der Waals surface area contributed by atoms with Crippen molar-refractivity contribution in [3.63, 3.8) is 0 Å². The van der Waals surface area contributed by atoms with E-state index >= 15 is 0 Å². The molecular formula is C15H13ClN2OS. The minimum atomic E-state index is 0.219. The largest absolute Gasteiger partial charge is 0.298 e. The summed E-state index contributed by atoms with van der Waals surface area (Å²) in [6.07, 6.45) is 4.24. The molecule has 1 aliphatic carbocycles. The van der Waals surface area contributed by atoms with Gasteiger partial charge in [0.25, 0.3) is 0 Å². The molecule has 1 aromatic heterocycles. The van der Waals surface area contributed by atoms with Gasteiger partial charge in [-0.15, -0.1) is 0 Å². The van der Waals surface area contributed by atoms with Gasteiger partial charge < -0.3 is 0 Å². The van der Waals surface area contributed by atoms with Gasteiger partial charge in [-0.05, 0) is 49.4 Å². The van der Waals surface area contributed by atoms with E-state index in [1.54, 1.807) is 6.92 Å². The average molecular weight is 305 g/mol. The van der Waals surface area contributed by atoms with Gasteiger partial charge in [0.2, 0.25) is 0 Å². The van der Waals surface area contributed by atoms with Crippen molar-refractivity contribution in [2.75, 3.05) is 0 Å². The van der Waals surface area contributed by atoms with Crippen molar-refractivity contribution in [1.29, 1.82) is 0 Å². The third-order valence-corrected chi connectivity index (χ3v) is 4.66. The summed E-state index contributed by atoms with van der Waals surface area (Å²) in [6.45, 7) is 1.77. The molecule has 5 heteroatoms. The number of fused-ring (bicyclic) bond motifs is 1. The summed E-state index contributed by atoms with van der Waals surface area (Å²) >= 11 is 7.47. The minimum absolute atomic E-state index is 0.219. The summed E-state index contributed by atoms with van der Waals surface area (Å²) < 4.78 is 0. The predicted octanol–water partition coefficient (Wildman–Crippen LogP) is 3.89. The first kappa shape index (κ1) is 13.6. The van der Waals surface area contributed by atoms with Crippen molar-refractivity contribution >= 4 is 29.6 Å².